The Morgan fingerprint density at radius 3 is 2.22 bits per heavy atom. The second kappa shape index (κ2) is 10.8. The number of hydrazone groups is 1. The van der Waals surface area contributed by atoms with Gasteiger partial charge in [0, 0.05) is 23.1 Å². The highest BCUT2D eigenvalue weighted by molar-refractivity contribution is 7.89. The minimum Gasteiger partial charge on any atom is -0.415 e. The maximum atomic E-state index is 13.1. The topological polar surface area (TPSA) is 67.8 Å². The summed E-state index contributed by atoms with van der Waals surface area (Å²) in [7, 11) is -5.85. The molecule has 1 fully saturated rings. The average Bonchev–Trinajstić information content (AvgIpc) is 3.14. The van der Waals surface area contributed by atoms with E-state index in [1.54, 1.807) is 24.3 Å². The summed E-state index contributed by atoms with van der Waals surface area (Å²) < 4.78 is 33.4. The smallest absolute Gasteiger partial charge is 0.276 e. The molecule has 2 aliphatic rings. The van der Waals surface area contributed by atoms with Crippen molar-refractivity contribution in [3.8, 4) is 0 Å². The molecule has 206 valence electrons. The Bertz CT molecular complexity index is 1130. The fourth-order valence-corrected chi connectivity index (χ4v) is 13.3. The Hall–Kier alpha value is -1.70. The Balaban J connectivity index is 2.01. The van der Waals surface area contributed by atoms with Crippen LogP contribution in [0.3, 0.4) is 0 Å². The van der Waals surface area contributed by atoms with Crippen molar-refractivity contribution >= 4 is 24.1 Å². The van der Waals surface area contributed by atoms with Crippen LogP contribution in [0, 0.1) is 23.7 Å². The van der Waals surface area contributed by atoms with Gasteiger partial charge >= 0.3 is 0 Å². The van der Waals surface area contributed by atoms with E-state index in [9.17, 15) is 8.42 Å². The molecule has 3 atom stereocenters. The van der Waals surface area contributed by atoms with Crippen LogP contribution in [0.2, 0.25) is 16.6 Å². The van der Waals surface area contributed by atoms with Gasteiger partial charge in [-0.05, 0) is 67.8 Å². The third-order valence-electron chi connectivity index (χ3n) is 9.37. The number of aryl methyl sites for hydroxylation is 1. The number of sulfonamides is 1. The number of fused-ring (bicyclic) bond motifs is 1. The Morgan fingerprint density at radius 1 is 1.14 bits per heavy atom. The van der Waals surface area contributed by atoms with Crippen LogP contribution >= 0.6 is 0 Å². The minimum atomic E-state index is -3.76. The number of nitrogens with zero attached hydrogens (tertiary/aromatic N) is 1. The standard InChI is InChI=1S/C30H48N2O3SSi/c1-21(2)26-18-28(31-32-36(33,34)27-14-12-25(9)13-15-27)29(10)16-11-17-30(29,19-26)20-35-37(22(3)4,23(5)6)24(7)8/h11-15,17,22-24,26,32H,1,16,18-20H2,2-10H3/b31-28+/t26-,29-,30+/m1/s1. The molecule has 1 N–H and O–H groups in total. The van der Waals surface area contributed by atoms with Gasteiger partial charge in [-0.25, -0.2) is 4.83 Å². The third kappa shape index (κ3) is 5.41. The number of hydrogen-bond acceptors (Lipinski definition) is 4. The summed E-state index contributed by atoms with van der Waals surface area (Å²) in [5, 5.41) is 4.65. The molecule has 37 heavy (non-hydrogen) atoms. The van der Waals surface area contributed by atoms with Gasteiger partial charge in [-0.1, -0.05) is 90.5 Å². The molecule has 0 heterocycles. The van der Waals surface area contributed by atoms with E-state index in [4.69, 9.17) is 4.43 Å². The van der Waals surface area contributed by atoms with Crippen LogP contribution in [-0.4, -0.2) is 29.1 Å². The van der Waals surface area contributed by atoms with E-state index in [-0.39, 0.29) is 21.6 Å². The molecule has 1 aromatic rings. The molecule has 0 bridgehead atoms. The van der Waals surface area contributed by atoms with Crippen molar-refractivity contribution in [1.82, 2.24) is 4.83 Å². The molecule has 0 radical (unpaired) electrons. The van der Waals surface area contributed by atoms with Crippen LogP contribution < -0.4 is 4.83 Å². The lowest BCUT2D eigenvalue weighted by Crippen LogP contribution is -2.55. The van der Waals surface area contributed by atoms with Gasteiger partial charge in [0.05, 0.1) is 4.90 Å². The van der Waals surface area contributed by atoms with Gasteiger partial charge in [0.2, 0.25) is 0 Å². The molecule has 0 aromatic heterocycles. The highest BCUT2D eigenvalue weighted by Gasteiger charge is 2.58. The minimum absolute atomic E-state index is 0.218. The summed E-state index contributed by atoms with van der Waals surface area (Å²) in [6.07, 6.45) is 7.05. The van der Waals surface area contributed by atoms with Crippen molar-refractivity contribution in [2.45, 2.75) is 103 Å². The second-order valence-corrected chi connectivity index (χ2v) is 19.7. The predicted molar refractivity (Wildman–Crippen MR) is 158 cm³/mol. The van der Waals surface area contributed by atoms with E-state index in [1.165, 1.54) is 0 Å². The first-order valence-corrected chi connectivity index (χ1v) is 17.4. The number of allylic oxidation sites excluding steroid dienone is 2. The van der Waals surface area contributed by atoms with E-state index in [2.05, 4.69) is 84.1 Å². The lowest BCUT2D eigenvalue weighted by molar-refractivity contribution is 0.0615. The maximum absolute atomic E-state index is 13.1. The number of nitrogens with one attached hydrogen (secondary N) is 1. The quantitative estimate of drug-likeness (QED) is 0.186. The van der Waals surface area contributed by atoms with Crippen LogP contribution in [0.5, 0.6) is 0 Å². The number of benzene rings is 1. The molecular formula is C30H48N2O3SSi. The largest absolute Gasteiger partial charge is 0.415 e. The maximum Gasteiger partial charge on any atom is 0.276 e. The van der Waals surface area contributed by atoms with Crippen LogP contribution in [0.4, 0.5) is 0 Å². The summed E-state index contributed by atoms with van der Waals surface area (Å²) in [6, 6.07) is 6.86. The molecule has 0 saturated heterocycles. The molecule has 1 saturated carbocycles. The van der Waals surface area contributed by atoms with E-state index in [1.807, 2.05) is 6.92 Å². The van der Waals surface area contributed by atoms with Gasteiger partial charge < -0.3 is 4.43 Å². The van der Waals surface area contributed by atoms with Gasteiger partial charge in [0.1, 0.15) is 0 Å². The molecule has 5 nitrogen and oxygen atoms in total. The highest BCUT2D eigenvalue weighted by Crippen LogP contribution is 2.59. The Labute approximate surface area is 227 Å². The van der Waals surface area contributed by atoms with E-state index in [0.717, 1.165) is 29.7 Å². The molecule has 0 amide bonds. The molecule has 7 heteroatoms. The van der Waals surface area contributed by atoms with Crippen molar-refractivity contribution < 1.29 is 12.8 Å². The Kier molecular flexibility index (Phi) is 8.72. The van der Waals surface area contributed by atoms with Crippen LogP contribution in [0.15, 0.2) is 58.6 Å². The summed E-state index contributed by atoms with van der Waals surface area (Å²) in [6.45, 7) is 25.1. The highest BCUT2D eigenvalue weighted by atomic mass is 32.2. The van der Waals surface area contributed by atoms with Crippen LogP contribution in [0.25, 0.3) is 0 Å². The normalized spacial score (nSPS) is 27.4. The molecule has 0 spiro atoms. The summed E-state index contributed by atoms with van der Waals surface area (Å²) in [5.41, 5.74) is 3.93. The summed E-state index contributed by atoms with van der Waals surface area (Å²) in [5.74, 6) is 0.218. The zero-order valence-corrected chi connectivity index (χ0v) is 26.2. The van der Waals surface area contributed by atoms with Gasteiger partial charge in [-0.2, -0.15) is 13.5 Å². The fraction of sp³-hybridized carbons (Fsp3) is 0.633. The third-order valence-corrected chi connectivity index (χ3v) is 16.6. The molecule has 3 rings (SSSR count). The van der Waals surface area contributed by atoms with Crippen LogP contribution in [0.1, 0.15) is 80.2 Å². The first-order valence-electron chi connectivity index (χ1n) is 13.7. The van der Waals surface area contributed by atoms with Crippen molar-refractivity contribution in [3.63, 3.8) is 0 Å². The zero-order chi connectivity index (χ0) is 27.8. The molecule has 2 aliphatic carbocycles. The lowest BCUT2D eigenvalue weighted by Gasteiger charge is -2.53. The Morgan fingerprint density at radius 2 is 1.70 bits per heavy atom. The molecule has 0 unspecified atom stereocenters. The van der Waals surface area contributed by atoms with Gasteiger partial charge in [0.15, 0.2) is 8.32 Å². The second-order valence-electron chi connectivity index (χ2n) is 12.6. The van der Waals surface area contributed by atoms with Gasteiger partial charge in [-0.15, -0.1) is 0 Å². The van der Waals surface area contributed by atoms with E-state index in [0.29, 0.717) is 29.7 Å². The lowest BCUT2D eigenvalue weighted by atomic mass is 9.54. The van der Waals surface area contributed by atoms with Crippen molar-refractivity contribution in [2.24, 2.45) is 21.8 Å². The SMILES string of the molecule is C=C(C)[C@@H]1C/C(=N\NS(=O)(=O)c2ccc(C)cc2)[C@@]2(C)CC=C[C@@]2(CO[Si](C(C)C)(C(C)C)C(C)C)C1. The zero-order valence-electron chi connectivity index (χ0n) is 24.4. The number of rotatable bonds is 10. The van der Waals surface area contributed by atoms with Crippen molar-refractivity contribution in [3.05, 3.63) is 54.1 Å². The monoisotopic (exact) mass is 544 g/mol. The fourth-order valence-electron chi connectivity index (χ4n) is 7.00. The predicted octanol–water partition coefficient (Wildman–Crippen LogP) is 7.76. The van der Waals surface area contributed by atoms with Crippen molar-refractivity contribution in [2.75, 3.05) is 6.61 Å². The molecule has 0 aliphatic heterocycles. The van der Waals surface area contributed by atoms with Crippen molar-refractivity contribution in [1.29, 1.82) is 0 Å². The van der Waals surface area contributed by atoms with Crippen LogP contribution in [-0.2, 0) is 14.4 Å². The van der Waals surface area contributed by atoms with E-state index < -0.39 is 18.3 Å². The summed E-state index contributed by atoms with van der Waals surface area (Å²) >= 11 is 0. The average molecular weight is 545 g/mol. The van der Waals surface area contributed by atoms with Gasteiger partial charge in [0.25, 0.3) is 10.0 Å². The first kappa shape index (κ1) is 29.8. The first-order chi connectivity index (χ1) is 17.1. The van der Waals surface area contributed by atoms with Gasteiger partial charge in [-0.3, -0.25) is 0 Å². The molecule has 1 aromatic carbocycles. The number of hydrogen-bond donors (Lipinski definition) is 1. The molecular weight excluding hydrogens is 496 g/mol. The summed E-state index contributed by atoms with van der Waals surface area (Å²) in [4.78, 5) is 2.80. The van der Waals surface area contributed by atoms with E-state index >= 15 is 0 Å².